The van der Waals surface area contributed by atoms with E-state index in [2.05, 4.69) is 21.3 Å². The number of nitrogens with one attached hydrogen (secondary N) is 4. The molecule has 2 saturated carbocycles. The van der Waals surface area contributed by atoms with Crippen molar-refractivity contribution in [3.8, 4) is 0 Å². The average molecular weight is 653 g/mol. The molecule has 2 aliphatic carbocycles. The van der Waals surface area contributed by atoms with Crippen LogP contribution in [-0.4, -0.2) is 104 Å². The van der Waals surface area contributed by atoms with E-state index in [-0.39, 0.29) is 30.0 Å². The van der Waals surface area contributed by atoms with Crippen molar-refractivity contribution in [1.82, 2.24) is 30.5 Å². The molecule has 2 heterocycles. The maximum absolute atomic E-state index is 14.2. The largest absolute Gasteiger partial charge is 0.353 e. The second-order valence-electron chi connectivity index (χ2n) is 14.3. The van der Waals surface area contributed by atoms with Crippen molar-refractivity contribution >= 4 is 39.6 Å². The molecule has 0 spiro atoms. The molecule has 4 rings (SSSR count). The lowest BCUT2D eigenvalue weighted by Gasteiger charge is -2.37. The monoisotopic (exact) mass is 652 g/mol. The van der Waals surface area contributed by atoms with Gasteiger partial charge in [0.15, 0.2) is 0 Å². The maximum Gasteiger partial charge on any atom is 0.315 e. The molecule has 0 radical (unpaired) electrons. The summed E-state index contributed by atoms with van der Waals surface area (Å²) in [5.41, 5.74) is -0.457. The molecule has 0 aromatic heterocycles. The van der Waals surface area contributed by atoms with E-state index in [4.69, 9.17) is 0 Å². The molecule has 5 amide bonds. The minimum atomic E-state index is -3.36. The molecule has 2 aliphatic heterocycles. The van der Waals surface area contributed by atoms with E-state index >= 15 is 0 Å². The second-order valence-corrected chi connectivity index (χ2v) is 16.4. The first kappa shape index (κ1) is 35.1. The molecule has 254 valence electrons. The van der Waals surface area contributed by atoms with E-state index < -0.39 is 63.2 Å². The second kappa shape index (κ2) is 14.8. The van der Waals surface area contributed by atoms with Gasteiger partial charge in [0.1, 0.15) is 12.1 Å². The van der Waals surface area contributed by atoms with E-state index in [1.54, 1.807) is 0 Å². The number of hydrogen-bond donors (Lipinski definition) is 4. The van der Waals surface area contributed by atoms with Crippen LogP contribution in [0.1, 0.15) is 91.4 Å². The van der Waals surface area contributed by atoms with Gasteiger partial charge in [-0.1, -0.05) is 52.9 Å². The van der Waals surface area contributed by atoms with Gasteiger partial charge in [0, 0.05) is 32.7 Å². The summed E-state index contributed by atoms with van der Waals surface area (Å²) in [7, 11) is -1.99. The number of nitrogens with zero attached hydrogens (tertiary/aromatic N) is 2. The van der Waals surface area contributed by atoms with Crippen molar-refractivity contribution in [2.24, 2.45) is 17.3 Å². The summed E-state index contributed by atoms with van der Waals surface area (Å²) in [6, 6.07) is -3.66. The molecule has 4 N–H and O–H groups in total. The van der Waals surface area contributed by atoms with Gasteiger partial charge in [0.25, 0.3) is 5.91 Å². The van der Waals surface area contributed by atoms with Gasteiger partial charge in [-0.3, -0.25) is 19.2 Å². The Bertz CT molecular complexity index is 1230. The highest BCUT2D eigenvalue weighted by atomic mass is 32.2. The van der Waals surface area contributed by atoms with Crippen LogP contribution >= 0.6 is 0 Å². The standard InChI is InChI=1S/C31H52N6O7S/c1-31(2,3)24(19-36-15-9-17-45(36,43)44)34-30(42)35-25(21-10-6-5-7-11-21)29(41)37-16-8-12-23(37)27(39)33-22(18-20-13-14-20)26(38)28(40)32-4/h20-25H,5-19H2,1-4H3,(H,32,40)(H,33,39)(H2,34,35,42)/t22?,23-,24+,25-/m0/s1. The lowest BCUT2D eigenvalue weighted by atomic mass is 9.83. The summed E-state index contributed by atoms with van der Waals surface area (Å²) < 4.78 is 26.4. The number of sulfonamides is 1. The molecule has 2 saturated heterocycles. The van der Waals surface area contributed by atoms with Gasteiger partial charge in [-0.05, 0) is 55.8 Å². The third-order valence-corrected chi connectivity index (χ3v) is 11.7. The van der Waals surface area contributed by atoms with Crippen molar-refractivity contribution in [2.75, 3.05) is 32.4 Å². The highest BCUT2D eigenvalue weighted by Gasteiger charge is 2.43. The zero-order chi connectivity index (χ0) is 32.9. The quantitative estimate of drug-likeness (QED) is 0.230. The number of carbonyl (C=O) groups is 5. The van der Waals surface area contributed by atoms with Crippen LogP contribution in [0.4, 0.5) is 4.79 Å². The number of carbonyl (C=O) groups excluding carboxylic acids is 5. The van der Waals surface area contributed by atoms with Crippen molar-refractivity contribution in [3.63, 3.8) is 0 Å². The van der Waals surface area contributed by atoms with Crippen LogP contribution in [0.3, 0.4) is 0 Å². The first-order chi connectivity index (χ1) is 21.2. The Morgan fingerprint density at radius 3 is 2.11 bits per heavy atom. The fraction of sp³-hybridized carbons (Fsp3) is 0.839. The summed E-state index contributed by atoms with van der Waals surface area (Å²) in [5, 5.41) is 11.0. The third-order valence-electron chi connectivity index (χ3n) is 9.80. The maximum atomic E-state index is 14.2. The Hall–Kier alpha value is -2.74. The number of amides is 5. The molecule has 45 heavy (non-hydrogen) atoms. The third kappa shape index (κ3) is 9.17. The minimum absolute atomic E-state index is 0.0974. The molecule has 14 heteroatoms. The average Bonchev–Trinajstić information content (AvgIpc) is 3.55. The van der Waals surface area contributed by atoms with Crippen molar-refractivity contribution < 1.29 is 32.4 Å². The molecule has 0 bridgehead atoms. The molecule has 4 aliphatic rings. The summed E-state index contributed by atoms with van der Waals surface area (Å²) in [6.45, 7) is 6.70. The number of urea groups is 1. The Labute approximate surface area is 267 Å². The summed E-state index contributed by atoms with van der Waals surface area (Å²) in [4.78, 5) is 67.6. The molecule has 4 atom stereocenters. The highest BCUT2D eigenvalue weighted by molar-refractivity contribution is 7.89. The van der Waals surface area contributed by atoms with E-state index in [1.165, 1.54) is 16.3 Å². The lowest BCUT2D eigenvalue weighted by molar-refractivity contribution is -0.143. The lowest BCUT2D eigenvalue weighted by Crippen LogP contribution is -2.60. The Kier molecular flexibility index (Phi) is 11.5. The normalized spacial score (nSPS) is 24.4. The molecule has 0 aromatic carbocycles. The van der Waals surface area contributed by atoms with Crippen LogP contribution in [0.2, 0.25) is 0 Å². The summed E-state index contributed by atoms with van der Waals surface area (Å²) in [5.74, 6) is -1.97. The van der Waals surface area contributed by atoms with Crippen LogP contribution < -0.4 is 21.3 Å². The minimum Gasteiger partial charge on any atom is -0.353 e. The smallest absolute Gasteiger partial charge is 0.315 e. The highest BCUT2D eigenvalue weighted by Crippen LogP contribution is 2.34. The number of Topliss-reactive ketones (excluding diaryl/α,β-unsaturated/α-hetero) is 1. The molecular weight excluding hydrogens is 600 g/mol. The first-order valence-electron chi connectivity index (χ1n) is 16.6. The van der Waals surface area contributed by atoms with Gasteiger partial charge in [-0.2, -0.15) is 4.31 Å². The van der Waals surface area contributed by atoms with Gasteiger partial charge in [0.05, 0.1) is 11.8 Å². The van der Waals surface area contributed by atoms with E-state index in [9.17, 15) is 32.4 Å². The zero-order valence-electron chi connectivity index (χ0n) is 27.2. The molecule has 13 nitrogen and oxygen atoms in total. The van der Waals surface area contributed by atoms with Gasteiger partial charge < -0.3 is 26.2 Å². The Morgan fingerprint density at radius 1 is 0.844 bits per heavy atom. The molecule has 4 fully saturated rings. The fourth-order valence-corrected chi connectivity index (χ4v) is 8.31. The van der Waals surface area contributed by atoms with E-state index in [0.29, 0.717) is 38.8 Å². The van der Waals surface area contributed by atoms with Crippen LogP contribution in [0.5, 0.6) is 0 Å². The SMILES string of the molecule is CNC(=O)C(=O)C(CC1CC1)NC(=O)[C@@H]1CCCN1C(=O)[C@@H](NC(=O)N[C@H](CN1CCCS1(=O)=O)C(C)(C)C)C1CCCCC1. The van der Waals surface area contributed by atoms with E-state index in [1.807, 2.05) is 20.8 Å². The Morgan fingerprint density at radius 2 is 1.53 bits per heavy atom. The van der Waals surface area contributed by atoms with Gasteiger partial charge in [0.2, 0.25) is 27.6 Å². The number of likely N-dealkylation sites (N-methyl/N-ethyl adjacent to an activating group) is 1. The topological polar surface area (TPSA) is 174 Å². The van der Waals surface area contributed by atoms with Crippen LogP contribution in [-0.2, 0) is 29.2 Å². The van der Waals surface area contributed by atoms with Crippen LogP contribution in [0, 0.1) is 17.3 Å². The Balaban J connectivity index is 1.48. The first-order valence-corrected chi connectivity index (χ1v) is 18.2. The van der Waals surface area contributed by atoms with E-state index in [0.717, 1.165) is 44.9 Å². The predicted octanol–water partition coefficient (Wildman–Crippen LogP) is 1.28. The number of likely N-dealkylation sites (tertiary alicyclic amines) is 1. The molecular formula is C31H52N6O7S. The van der Waals surface area contributed by atoms with Gasteiger partial charge in [-0.25, -0.2) is 13.2 Å². The van der Waals surface area contributed by atoms with Crippen molar-refractivity contribution in [2.45, 2.75) is 116 Å². The van der Waals surface area contributed by atoms with Crippen LogP contribution in [0.15, 0.2) is 0 Å². The van der Waals surface area contributed by atoms with Crippen molar-refractivity contribution in [1.29, 1.82) is 0 Å². The molecule has 1 unspecified atom stereocenters. The van der Waals surface area contributed by atoms with Crippen LogP contribution in [0.25, 0.3) is 0 Å². The number of hydrogen-bond acceptors (Lipinski definition) is 7. The predicted molar refractivity (Wildman–Crippen MR) is 168 cm³/mol. The summed E-state index contributed by atoms with van der Waals surface area (Å²) in [6.07, 6.45) is 8.30. The molecule has 0 aromatic rings. The number of ketones is 1. The van der Waals surface area contributed by atoms with Crippen molar-refractivity contribution in [3.05, 3.63) is 0 Å². The fourth-order valence-electron chi connectivity index (χ4n) is 6.78. The zero-order valence-corrected chi connectivity index (χ0v) is 28.0. The number of rotatable bonds is 12. The van der Waals surface area contributed by atoms with Gasteiger partial charge in [-0.15, -0.1) is 0 Å². The summed E-state index contributed by atoms with van der Waals surface area (Å²) >= 11 is 0. The van der Waals surface area contributed by atoms with Gasteiger partial charge >= 0.3 is 6.03 Å².